The number of pyridine rings is 1. The molecule has 0 saturated carbocycles. The fourth-order valence-electron chi connectivity index (χ4n) is 2.31. The Bertz CT molecular complexity index is 484. The molecule has 0 aliphatic carbocycles. The molecule has 4 nitrogen and oxygen atoms in total. The quantitative estimate of drug-likeness (QED) is 0.632. The average molecular weight is 307 g/mol. The second-order valence-corrected chi connectivity index (χ2v) is 11.9. The predicted molar refractivity (Wildman–Crippen MR) is 84.6 cm³/mol. The van der Waals surface area contributed by atoms with Crippen LogP contribution < -0.4 is 0 Å². The summed E-state index contributed by atoms with van der Waals surface area (Å²) in [4.78, 5) is 15.7. The van der Waals surface area contributed by atoms with Gasteiger partial charge >= 0.3 is 0 Å². The highest BCUT2D eigenvalue weighted by atomic mass is 28.4. The van der Waals surface area contributed by atoms with E-state index in [0.717, 1.165) is 11.8 Å². The first-order chi connectivity index (χ1) is 9.76. The van der Waals surface area contributed by atoms with Crippen molar-refractivity contribution in [1.29, 1.82) is 0 Å². The lowest BCUT2D eigenvalue weighted by atomic mass is 9.96. The van der Waals surface area contributed by atoms with Crippen LogP contribution in [-0.2, 0) is 14.0 Å². The van der Waals surface area contributed by atoms with Crippen molar-refractivity contribution in [1.82, 2.24) is 4.98 Å². The second kappa shape index (κ2) is 5.99. The molecule has 2 rings (SSSR count). The van der Waals surface area contributed by atoms with E-state index in [2.05, 4.69) is 38.8 Å². The summed E-state index contributed by atoms with van der Waals surface area (Å²) >= 11 is 0. The number of hydrogen-bond acceptors (Lipinski definition) is 4. The van der Waals surface area contributed by atoms with Crippen LogP contribution in [-0.4, -0.2) is 32.3 Å². The molecule has 1 aromatic heterocycles. The van der Waals surface area contributed by atoms with E-state index in [1.54, 1.807) is 12.4 Å². The van der Waals surface area contributed by atoms with E-state index in [1.807, 2.05) is 12.1 Å². The lowest BCUT2D eigenvalue weighted by Gasteiger charge is -2.39. The number of nitrogens with zero attached hydrogens (tertiary/aromatic N) is 1. The van der Waals surface area contributed by atoms with Gasteiger partial charge in [0.15, 0.2) is 8.32 Å². The van der Waals surface area contributed by atoms with E-state index < -0.39 is 8.32 Å². The first kappa shape index (κ1) is 16.3. The Labute approximate surface area is 128 Å². The highest BCUT2D eigenvalue weighted by Crippen LogP contribution is 2.41. The highest BCUT2D eigenvalue weighted by molar-refractivity contribution is 6.74. The van der Waals surface area contributed by atoms with Crippen molar-refractivity contribution in [3.63, 3.8) is 0 Å². The first-order valence-electron chi connectivity index (χ1n) is 7.41. The summed E-state index contributed by atoms with van der Waals surface area (Å²) in [6, 6.07) is 3.81. The third-order valence-electron chi connectivity index (χ3n) is 4.64. The maximum Gasteiger partial charge on any atom is 0.192 e. The van der Waals surface area contributed by atoms with Crippen LogP contribution >= 0.6 is 0 Å². The van der Waals surface area contributed by atoms with Crippen LogP contribution in [0.2, 0.25) is 18.1 Å². The van der Waals surface area contributed by atoms with Crippen molar-refractivity contribution in [2.75, 3.05) is 6.61 Å². The Kier molecular flexibility index (Phi) is 4.65. The molecule has 1 aliphatic heterocycles. The smallest absolute Gasteiger partial charge is 0.192 e. The molecule has 1 aromatic rings. The molecule has 5 heteroatoms. The molecule has 1 aliphatic rings. The number of hydrogen-bond donors (Lipinski definition) is 0. The van der Waals surface area contributed by atoms with Gasteiger partial charge in [0.2, 0.25) is 0 Å². The molecule has 0 N–H and O–H groups in total. The largest absolute Gasteiger partial charge is 0.411 e. The number of aldehydes is 1. The number of carbonyl (C=O) groups excluding carboxylic acids is 1. The molecule has 0 bridgehead atoms. The molecule has 0 unspecified atom stereocenters. The highest BCUT2D eigenvalue weighted by Gasteiger charge is 2.45. The molecule has 21 heavy (non-hydrogen) atoms. The number of aromatic nitrogens is 1. The zero-order valence-electron chi connectivity index (χ0n) is 13.5. The Morgan fingerprint density at radius 1 is 1.43 bits per heavy atom. The average Bonchev–Trinajstić information content (AvgIpc) is 2.80. The van der Waals surface area contributed by atoms with Gasteiger partial charge in [-0.2, -0.15) is 0 Å². The maximum absolute atomic E-state index is 11.6. The third-order valence-corrected chi connectivity index (χ3v) is 9.15. The van der Waals surface area contributed by atoms with Gasteiger partial charge < -0.3 is 14.0 Å². The van der Waals surface area contributed by atoms with Gasteiger partial charge in [0.1, 0.15) is 6.29 Å². The van der Waals surface area contributed by atoms with Crippen molar-refractivity contribution in [3.05, 3.63) is 30.1 Å². The molecule has 0 amide bonds. The SMILES string of the molecule is CC(C)(C)[Si](C)(C)O[C@@H]1CO[C@H](c2cccnc2)[C@@H]1C=O. The third kappa shape index (κ3) is 3.41. The second-order valence-electron chi connectivity index (χ2n) is 7.17. The van der Waals surface area contributed by atoms with Crippen LogP contribution in [0.4, 0.5) is 0 Å². The summed E-state index contributed by atoms with van der Waals surface area (Å²) in [5.74, 6) is -0.261. The van der Waals surface area contributed by atoms with Gasteiger partial charge in [-0.25, -0.2) is 0 Å². The Morgan fingerprint density at radius 3 is 2.67 bits per heavy atom. The fourth-order valence-corrected chi connectivity index (χ4v) is 3.64. The van der Waals surface area contributed by atoms with Crippen molar-refractivity contribution in [2.45, 2.75) is 51.1 Å². The molecule has 2 heterocycles. The predicted octanol–water partition coefficient (Wildman–Crippen LogP) is 3.36. The monoisotopic (exact) mass is 307 g/mol. The minimum Gasteiger partial charge on any atom is -0.411 e. The lowest BCUT2D eigenvalue weighted by molar-refractivity contribution is -0.114. The van der Waals surface area contributed by atoms with E-state index in [0.29, 0.717) is 6.61 Å². The minimum atomic E-state index is -1.91. The van der Waals surface area contributed by atoms with Crippen LogP contribution in [0.25, 0.3) is 0 Å². The Hall–Kier alpha value is -1.04. The number of ether oxygens (including phenoxy) is 1. The zero-order valence-corrected chi connectivity index (χ0v) is 14.5. The normalized spacial score (nSPS) is 26.8. The molecule has 0 aromatic carbocycles. The van der Waals surface area contributed by atoms with Gasteiger partial charge in [-0.05, 0) is 29.8 Å². The first-order valence-corrected chi connectivity index (χ1v) is 10.3. The van der Waals surface area contributed by atoms with Crippen LogP contribution in [0, 0.1) is 5.92 Å². The van der Waals surface area contributed by atoms with Crippen LogP contribution in [0.3, 0.4) is 0 Å². The van der Waals surface area contributed by atoms with E-state index in [4.69, 9.17) is 9.16 Å². The van der Waals surface area contributed by atoms with Crippen LogP contribution in [0.15, 0.2) is 24.5 Å². The number of carbonyl (C=O) groups is 1. The van der Waals surface area contributed by atoms with Crippen molar-refractivity contribution in [3.8, 4) is 0 Å². The number of rotatable bonds is 4. The van der Waals surface area contributed by atoms with Crippen molar-refractivity contribution < 1.29 is 14.0 Å². The summed E-state index contributed by atoms with van der Waals surface area (Å²) < 4.78 is 12.2. The van der Waals surface area contributed by atoms with Crippen LogP contribution in [0.1, 0.15) is 32.4 Å². The summed E-state index contributed by atoms with van der Waals surface area (Å²) in [5, 5.41) is 0.118. The molecular formula is C16H25NO3Si. The molecule has 116 valence electrons. The van der Waals surface area contributed by atoms with Gasteiger partial charge in [-0.3, -0.25) is 4.98 Å². The molecule has 3 atom stereocenters. The van der Waals surface area contributed by atoms with E-state index in [1.165, 1.54) is 0 Å². The molecule has 0 spiro atoms. The van der Waals surface area contributed by atoms with Crippen molar-refractivity contribution >= 4 is 14.6 Å². The molecule has 1 fully saturated rings. The minimum absolute atomic E-state index is 0.118. The van der Waals surface area contributed by atoms with E-state index in [-0.39, 0.29) is 23.2 Å². The van der Waals surface area contributed by atoms with Crippen LogP contribution in [0.5, 0.6) is 0 Å². The molecule has 0 radical (unpaired) electrons. The summed E-state index contributed by atoms with van der Waals surface area (Å²) in [7, 11) is -1.91. The topological polar surface area (TPSA) is 48.4 Å². The Morgan fingerprint density at radius 2 is 2.14 bits per heavy atom. The van der Waals surface area contributed by atoms with Gasteiger partial charge in [0.25, 0.3) is 0 Å². The standard InChI is InChI=1S/C16H25NO3Si/c1-16(2,3)21(4,5)20-14-11-19-15(13(14)10-18)12-7-6-8-17-9-12/h6-10,13-15H,11H2,1-5H3/t13-,14-,15-/m1/s1. The summed E-state index contributed by atoms with van der Waals surface area (Å²) in [5.41, 5.74) is 0.941. The summed E-state index contributed by atoms with van der Waals surface area (Å²) in [6.07, 6.45) is 4.05. The molecular weight excluding hydrogens is 282 g/mol. The Balaban J connectivity index is 2.15. The maximum atomic E-state index is 11.6. The van der Waals surface area contributed by atoms with Gasteiger partial charge in [0, 0.05) is 12.4 Å². The van der Waals surface area contributed by atoms with Gasteiger partial charge in [0.05, 0.1) is 24.7 Å². The van der Waals surface area contributed by atoms with E-state index in [9.17, 15) is 4.79 Å². The van der Waals surface area contributed by atoms with E-state index >= 15 is 0 Å². The van der Waals surface area contributed by atoms with Gasteiger partial charge in [-0.1, -0.05) is 26.8 Å². The van der Waals surface area contributed by atoms with Gasteiger partial charge in [-0.15, -0.1) is 0 Å². The molecule has 1 saturated heterocycles. The van der Waals surface area contributed by atoms with Crippen molar-refractivity contribution in [2.24, 2.45) is 5.92 Å². The lowest BCUT2D eigenvalue weighted by Crippen LogP contribution is -2.46. The summed E-state index contributed by atoms with van der Waals surface area (Å²) in [6.45, 7) is 11.5. The fraction of sp³-hybridized carbons (Fsp3) is 0.625. The zero-order chi connectivity index (χ0) is 15.7.